The number of amides is 2. The number of aromatic carboxylic acids is 1. The second-order valence-corrected chi connectivity index (χ2v) is 7.43. The zero-order valence-corrected chi connectivity index (χ0v) is 18.0. The number of carbonyl (C=O) groups is 3. The first-order chi connectivity index (χ1) is 15.7. The molecular formula is C20H13ClN5O6S-. The third kappa shape index (κ3) is 4.42. The molecule has 11 nitrogen and oxygen atoms in total. The number of rotatable bonds is 5. The fourth-order valence-corrected chi connectivity index (χ4v) is 3.38. The number of carboxylic acid groups (broad SMARTS) is 1. The van der Waals surface area contributed by atoms with Crippen molar-refractivity contribution in [2.75, 3.05) is 12.1 Å². The molecule has 13 heteroatoms. The molecule has 0 saturated heterocycles. The predicted molar refractivity (Wildman–Crippen MR) is 118 cm³/mol. The lowest BCUT2D eigenvalue weighted by atomic mass is 10.2. The van der Waals surface area contributed by atoms with E-state index < -0.39 is 17.8 Å². The highest BCUT2D eigenvalue weighted by atomic mass is 35.5. The fourth-order valence-electron chi connectivity index (χ4n) is 3.00. The van der Waals surface area contributed by atoms with Gasteiger partial charge in [0, 0.05) is 16.1 Å². The lowest BCUT2D eigenvalue weighted by molar-refractivity contribution is -0.255. The molecule has 1 aromatic heterocycles. The molecule has 0 aliphatic carbocycles. The molecule has 0 bridgehead atoms. The molecular weight excluding hydrogens is 474 g/mol. The van der Waals surface area contributed by atoms with Crippen molar-refractivity contribution in [3.8, 4) is 17.2 Å². The highest BCUT2D eigenvalue weighted by Gasteiger charge is 2.21. The maximum absolute atomic E-state index is 12.6. The molecule has 3 aromatic rings. The SMILES string of the molecule is NC(=O)c1cnn(-c2ccc(Cl)c(C(=O)[O-])c2)c1NC(=S)NC(=O)c1ccc2c(c1)OCO2. The zero-order valence-electron chi connectivity index (χ0n) is 16.5. The quantitative estimate of drug-likeness (QED) is 0.444. The second kappa shape index (κ2) is 8.76. The Bertz CT molecular complexity index is 1320. The van der Waals surface area contributed by atoms with Crippen LogP contribution in [-0.2, 0) is 0 Å². The van der Waals surface area contributed by atoms with Crippen LogP contribution >= 0.6 is 23.8 Å². The first-order valence-electron chi connectivity index (χ1n) is 9.15. The fraction of sp³-hybridized carbons (Fsp3) is 0.0500. The van der Waals surface area contributed by atoms with Gasteiger partial charge in [-0.05, 0) is 48.6 Å². The van der Waals surface area contributed by atoms with Crippen molar-refractivity contribution in [3.63, 3.8) is 0 Å². The number of hydrogen-bond acceptors (Lipinski definition) is 8. The Morgan fingerprint density at radius 1 is 1.12 bits per heavy atom. The van der Waals surface area contributed by atoms with Crippen molar-refractivity contribution >= 4 is 52.5 Å². The Balaban J connectivity index is 1.60. The minimum atomic E-state index is -1.50. The molecule has 0 atom stereocenters. The number of fused-ring (bicyclic) bond motifs is 1. The summed E-state index contributed by atoms with van der Waals surface area (Å²) in [5.41, 5.74) is 5.55. The van der Waals surface area contributed by atoms with E-state index >= 15 is 0 Å². The molecule has 1 aliphatic heterocycles. The molecule has 2 amide bonds. The van der Waals surface area contributed by atoms with Crippen molar-refractivity contribution in [2.24, 2.45) is 5.73 Å². The van der Waals surface area contributed by atoms with E-state index in [-0.39, 0.29) is 45.1 Å². The topological polar surface area (TPSA) is 161 Å². The molecule has 0 spiro atoms. The molecule has 4 rings (SSSR count). The van der Waals surface area contributed by atoms with E-state index in [0.717, 1.165) is 0 Å². The van der Waals surface area contributed by atoms with Crippen LogP contribution in [-0.4, -0.2) is 39.5 Å². The largest absolute Gasteiger partial charge is 0.545 e. The molecule has 2 aromatic carbocycles. The molecule has 0 unspecified atom stereocenters. The molecule has 1 aliphatic rings. The van der Waals surface area contributed by atoms with Gasteiger partial charge in [-0.15, -0.1) is 0 Å². The third-order valence-corrected chi connectivity index (χ3v) is 5.08. The van der Waals surface area contributed by atoms with Crippen LogP contribution in [0, 0.1) is 0 Å². The van der Waals surface area contributed by atoms with E-state index in [2.05, 4.69) is 15.7 Å². The smallest absolute Gasteiger partial charge is 0.257 e. The van der Waals surface area contributed by atoms with Gasteiger partial charge in [0.05, 0.1) is 17.9 Å². The number of hydrogen-bond donors (Lipinski definition) is 3. The van der Waals surface area contributed by atoms with Gasteiger partial charge >= 0.3 is 0 Å². The van der Waals surface area contributed by atoms with Crippen LogP contribution in [0.15, 0.2) is 42.6 Å². The average Bonchev–Trinajstić information content (AvgIpc) is 3.40. The van der Waals surface area contributed by atoms with E-state index in [1.54, 1.807) is 6.07 Å². The Kier molecular flexibility index (Phi) is 5.85. The van der Waals surface area contributed by atoms with Gasteiger partial charge in [0.1, 0.15) is 11.4 Å². The molecule has 4 N–H and O–H groups in total. The summed E-state index contributed by atoms with van der Waals surface area (Å²) in [6.07, 6.45) is 1.17. The first-order valence-corrected chi connectivity index (χ1v) is 9.94. The van der Waals surface area contributed by atoms with E-state index in [1.165, 1.54) is 41.2 Å². The average molecular weight is 487 g/mol. The van der Waals surface area contributed by atoms with Gasteiger partial charge in [-0.25, -0.2) is 4.68 Å². The molecule has 0 fully saturated rings. The van der Waals surface area contributed by atoms with Gasteiger partial charge in [0.2, 0.25) is 6.79 Å². The van der Waals surface area contributed by atoms with Crippen LogP contribution in [0.5, 0.6) is 11.5 Å². The van der Waals surface area contributed by atoms with Crippen LogP contribution in [0.4, 0.5) is 5.82 Å². The van der Waals surface area contributed by atoms with Crippen LogP contribution < -0.4 is 30.9 Å². The molecule has 2 heterocycles. The van der Waals surface area contributed by atoms with E-state index in [9.17, 15) is 19.5 Å². The zero-order chi connectivity index (χ0) is 23.7. The molecule has 0 saturated carbocycles. The van der Waals surface area contributed by atoms with Crippen LogP contribution in [0.1, 0.15) is 31.1 Å². The summed E-state index contributed by atoms with van der Waals surface area (Å²) in [4.78, 5) is 35.8. The van der Waals surface area contributed by atoms with Crippen molar-refractivity contribution in [2.45, 2.75) is 0 Å². The van der Waals surface area contributed by atoms with Gasteiger partial charge in [-0.3, -0.25) is 14.9 Å². The predicted octanol–water partition coefficient (Wildman–Crippen LogP) is 0.844. The maximum atomic E-state index is 12.6. The van der Waals surface area contributed by atoms with Crippen molar-refractivity contribution in [1.29, 1.82) is 0 Å². The van der Waals surface area contributed by atoms with Crippen molar-refractivity contribution in [1.82, 2.24) is 15.1 Å². The summed E-state index contributed by atoms with van der Waals surface area (Å²) in [6.45, 7) is 0.0601. The van der Waals surface area contributed by atoms with Crippen molar-refractivity contribution in [3.05, 3.63) is 64.3 Å². The number of halogens is 1. The first kappa shape index (κ1) is 22.0. The van der Waals surface area contributed by atoms with E-state index in [4.69, 9.17) is 39.0 Å². The molecule has 0 radical (unpaired) electrons. The number of thiocarbonyl (C=S) groups is 1. The Hall–Kier alpha value is -4.16. The number of carboxylic acids is 1. The summed E-state index contributed by atoms with van der Waals surface area (Å²) in [7, 11) is 0. The van der Waals surface area contributed by atoms with E-state index in [1.807, 2.05) is 0 Å². The number of anilines is 1. The number of nitrogens with zero attached hydrogens (tertiary/aromatic N) is 2. The van der Waals surface area contributed by atoms with Crippen LogP contribution in [0.25, 0.3) is 5.69 Å². The summed E-state index contributed by atoms with van der Waals surface area (Å²) in [5, 5.41) is 20.3. The Morgan fingerprint density at radius 3 is 2.61 bits per heavy atom. The van der Waals surface area contributed by atoms with Gasteiger partial charge in [0.25, 0.3) is 11.8 Å². The van der Waals surface area contributed by atoms with Gasteiger partial charge in [-0.1, -0.05) is 11.6 Å². The summed E-state index contributed by atoms with van der Waals surface area (Å²) >= 11 is 11.1. The normalized spacial score (nSPS) is 11.7. The number of benzene rings is 2. The molecule has 33 heavy (non-hydrogen) atoms. The summed E-state index contributed by atoms with van der Waals surface area (Å²) in [6, 6.07) is 8.61. The number of carbonyl (C=O) groups excluding carboxylic acids is 3. The third-order valence-electron chi connectivity index (χ3n) is 4.54. The standard InChI is InChI=1S/C20H14ClN5O6S/c21-13-3-2-10(6-11(13)19(29)30)26-17(12(7-23-26)16(22)27)24-20(33)25-18(28)9-1-4-14-15(5-9)32-8-31-14/h1-7H,8H2,(H2,22,27)(H,29,30)(H2,24,25,28,33)/p-1. The van der Waals surface area contributed by atoms with Crippen molar-refractivity contribution < 1.29 is 29.0 Å². The number of primary amides is 1. The van der Waals surface area contributed by atoms with Crippen LogP contribution in [0.3, 0.4) is 0 Å². The van der Waals surface area contributed by atoms with Gasteiger partial charge in [-0.2, -0.15) is 5.10 Å². The number of ether oxygens (including phenoxy) is 2. The lowest BCUT2D eigenvalue weighted by Gasteiger charge is -2.14. The second-order valence-electron chi connectivity index (χ2n) is 6.61. The highest BCUT2D eigenvalue weighted by molar-refractivity contribution is 7.80. The number of aromatic nitrogens is 2. The van der Waals surface area contributed by atoms with Crippen LogP contribution in [0.2, 0.25) is 5.02 Å². The lowest BCUT2D eigenvalue weighted by Crippen LogP contribution is -2.35. The van der Waals surface area contributed by atoms with Gasteiger partial charge in [0.15, 0.2) is 16.6 Å². The Labute approximate surface area is 196 Å². The Morgan fingerprint density at radius 2 is 1.88 bits per heavy atom. The highest BCUT2D eigenvalue weighted by Crippen LogP contribution is 2.32. The summed E-state index contributed by atoms with van der Waals surface area (Å²) < 4.78 is 11.6. The molecule has 168 valence electrons. The maximum Gasteiger partial charge on any atom is 0.257 e. The minimum absolute atomic E-state index is 0.00473. The van der Waals surface area contributed by atoms with Gasteiger partial charge < -0.3 is 30.4 Å². The monoisotopic (exact) mass is 486 g/mol. The summed E-state index contributed by atoms with van der Waals surface area (Å²) in [5.74, 6) is -1.94. The number of nitrogens with two attached hydrogens (primary N) is 1. The minimum Gasteiger partial charge on any atom is -0.545 e. The van der Waals surface area contributed by atoms with E-state index in [0.29, 0.717) is 11.5 Å². The number of nitrogens with one attached hydrogen (secondary N) is 2.